The largest absolute Gasteiger partial charge is 0.448 e. The van der Waals surface area contributed by atoms with Gasteiger partial charge in [0, 0.05) is 25.6 Å². The topological polar surface area (TPSA) is 67.6 Å². The third-order valence-electron chi connectivity index (χ3n) is 5.34. The summed E-state index contributed by atoms with van der Waals surface area (Å²) in [5, 5.41) is 3.04. The molecule has 0 spiro atoms. The second kappa shape index (κ2) is 8.01. The molecule has 138 valence electrons. The lowest BCUT2D eigenvalue weighted by molar-refractivity contribution is 0.0162. The van der Waals surface area contributed by atoms with Gasteiger partial charge in [0.1, 0.15) is 6.26 Å². The van der Waals surface area contributed by atoms with Gasteiger partial charge in [-0.15, -0.1) is 0 Å². The minimum absolute atomic E-state index is 0.127. The van der Waals surface area contributed by atoms with Gasteiger partial charge in [0.05, 0.1) is 19.3 Å². The Balaban J connectivity index is 1.42. The first-order chi connectivity index (χ1) is 12.8. The van der Waals surface area contributed by atoms with Crippen LogP contribution in [0.2, 0.25) is 0 Å². The van der Waals surface area contributed by atoms with Crippen molar-refractivity contribution in [1.82, 2.24) is 15.2 Å². The minimum atomic E-state index is -0.173. The van der Waals surface area contributed by atoms with E-state index in [0.717, 1.165) is 39.1 Å². The van der Waals surface area contributed by atoms with E-state index in [9.17, 15) is 4.79 Å². The second-order valence-electron chi connectivity index (χ2n) is 6.98. The van der Waals surface area contributed by atoms with Crippen molar-refractivity contribution in [1.29, 1.82) is 0 Å². The molecule has 1 aliphatic carbocycles. The summed E-state index contributed by atoms with van der Waals surface area (Å²) in [6, 6.07) is 10.4. The van der Waals surface area contributed by atoms with Gasteiger partial charge in [-0.05, 0) is 18.4 Å². The van der Waals surface area contributed by atoms with E-state index in [2.05, 4.69) is 27.3 Å². The standard InChI is InChI=1S/C20H25N3O3/c24-19(17-14-26-20(22-17)16-7-4-8-16)21-13-18(15-5-2-1-3-6-15)23-9-11-25-12-10-23/h1-3,5-6,14,16,18H,4,7-13H2,(H,21,24). The summed E-state index contributed by atoms with van der Waals surface area (Å²) in [6.45, 7) is 3.72. The Bertz CT molecular complexity index is 721. The molecule has 6 nitrogen and oxygen atoms in total. The van der Waals surface area contributed by atoms with Gasteiger partial charge < -0.3 is 14.5 Å². The summed E-state index contributed by atoms with van der Waals surface area (Å²) < 4.78 is 11.0. The third kappa shape index (κ3) is 3.81. The van der Waals surface area contributed by atoms with Crippen molar-refractivity contribution in [2.24, 2.45) is 0 Å². The molecular formula is C20H25N3O3. The number of carbonyl (C=O) groups excluding carboxylic acids is 1. The number of benzene rings is 1. The van der Waals surface area contributed by atoms with E-state index < -0.39 is 0 Å². The van der Waals surface area contributed by atoms with Crippen molar-refractivity contribution in [3.05, 3.63) is 53.7 Å². The summed E-state index contributed by atoms with van der Waals surface area (Å²) in [5.74, 6) is 0.921. The number of morpholine rings is 1. The minimum Gasteiger partial charge on any atom is -0.448 e. The van der Waals surface area contributed by atoms with Crippen molar-refractivity contribution >= 4 is 5.91 Å². The first-order valence-electron chi connectivity index (χ1n) is 9.41. The Labute approximate surface area is 153 Å². The Hall–Kier alpha value is -2.18. The fourth-order valence-corrected chi connectivity index (χ4v) is 3.54. The van der Waals surface area contributed by atoms with Crippen molar-refractivity contribution < 1.29 is 13.9 Å². The second-order valence-corrected chi connectivity index (χ2v) is 6.98. The molecular weight excluding hydrogens is 330 g/mol. The number of hydrogen-bond donors (Lipinski definition) is 1. The summed E-state index contributed by atoms with van der Waals surface area (Å²) >= 11 is 0. The van der Waals surface area contributed by atoms with Crippen molar-refractivity contribution in [3.8, 4) is 0 Å². The summed E-state index contributed by atoms with van der Waals surface area (Å²) in [6.07, 6.45) is 4.91. The Morgan fingerprint density at radius 1 is 1.23 bits per heavy atom. The number of ether oxygens (including phenoxy) is 1. The number of rotatable bonds is 6. The van der Waals surface area contributed by atoms with Crippen LogP contribution in [0.1, 0.15) is 53.2 Å². The van der Waals surface area contributed by atoms with Crippen LogP contribution in [0.4, 0.5) is 0 Å². The summed E-state index contributed by atoms with van der Waals surface area (Å²) in [4.78, 5) is 19.3. The molecule has 1 saturated heterocycles. The van der Waals surface area contributed by atoms with Crippen LogP contribution < -0.4 is 5.32 Å². The van der Waals surface area contributed by atoms with Crippen molar-refractivity contribution in [2.75, 3.05) is 32.8 Å². The number of hydrogen-bond acceptors (Lipinski definition) is 5. The third-order valence-corrected chi connectivity index (χ3v) is 5.34. The maximum atomic E-state index is 12.5. The lowest BCUT2D eigenvalue weighted by Gasteiger charge is -2.34. The molecule has 4 rings (SSSR count). The molecule has 1 saturated carbocycles. The Morgan fingerprint density at radius 3 is 2.69 bits per heavy atom. The molecule has 2 aliphatic rings. The Morgan fingerprint density at radius 2 is 2.00 bits per heavy atom. The lowest BCUT2D eigenvalue weighted by atomic mass is 9.85. The van der Waals surface area contributed by atoms with Gasteiger partial charge in [0.15, 0.2) is 11.6 Å². The molecule has 6 heteroatoms. The van der Waals surface area contributed by atoms with Crippen LogP contribution in [-0.2, 0) is 4.74 Å². The highest BCUT2D eigenvalue weighted by Gasteiger charge is 2.27. The van der Waals surface area contributed by atoms with Gasteiger partial charge in [-0.3, -0.25) is 9.69 Å². The highest BCUT2D eigenvalue weighted by Crippen LogP contribution is 2.35. The van der Waals surface area contributed by atoms with Crippen LogP contribution >= 0.6 is 0 Å². The quantitative estimate of drug-likeness (QED) is 0.863. The molecule has 1 aromatic carbocycles. The highest BCUT2D eigenvalue weighted by atomic mass is 16.5. The van der Waals surface area contributed by atoms with Gasteiger partial charge in [0.2, 0.25) is 0 Å². The van der Waals surface area contributed by atoms with Gasteiger partial charge in [-0.2, -0.15) is 0 Å². The molecule has 2 fully saturated rings. The van der Waals surface area contributed by atoms with Crippen molar-refractivity contribution in [2.45, 2.75) is 31.2 Å². The van der Waals surface area contributed by atoms with Crippen LogP contribution in [-0.4, -0.2) is 48.6 Å². The van der Waals surface area contributed by atoms with E-state index in [1.54, 1.807) is 0 Å². The maximum absolute atomic E-state index is 12.5. The molecule has 0 radical (unpaired) electrons. The normalized spacial score (nSPS) is 19.7. The van der Waals surface area contributed by atoms with Gasteiger partial charge in [-0.25, -0.2) is 4.98 Å². The predicted octanol–water partition coefficient (Wildman–Crippen LogP) is 2.75. The molecule has 1 atom stereocenters. The van der Waals surface area contributed by atoms with E-state index in [1.807, 2.05) is 18.2 Å². The summed E-state index contributed by atoms with van der Waals surface area (Å²) in [5.41, 5.74) is 1.57. The van der Waals surface area contributed by atoms with E-state index in [0.29, 0.717) is 24.0 Å². The Kier molecular flexibility index (Phi) is 5.32. The lowest BCUT2D eigenvalue weighted by Crippen LogP contribution is -2.43. The van der Waals surface area contributed by atoms with Crippen LogP contribution in [0, 0.1) is 0 Å². The van der Waals surface area contributed by atoms with Crippen LogP contribution in [0.3, 0.4) is 0 Å². The summed E-state index contributed by atoms with van der Waals surface area (Å²) in [7, 11) is 0. The highest BCUT2D eigenvalue weighted by molar-refractivity contribution is 5.91. The molecule has 2 heterocycles. The average Bonchev–Trinajstić information content (AvgIpc) is 3.12. The van der Waals surface area contributed by atoms with E-state index in [1.165, 1.54) is 18.2 Å². The number of nitrogens with zero attached hydrogens (tertiary/aromatic N) is 2. The van der Waals surface area contributed by atoms with Crippen molar-refractivity contribution in [3.63, 3.8) is 0 Å². The van der Waals surface area contributed by atoms with E-state index in [-0.39, 0.29) is 11.9 Å². The molecule has 1 N–H and O–H groups in total. The zero-order chi connectivity index (χ0) is 17.8. The first-order valence-corrected chi connectivity index (χ1v) is 9.41. The van der Waals surface area contributed by atoms with Crippen LogP contribution in [0.25, 0.3) is 0 Å². The molecule has 1 aliphatic heterocycles. The fourth-order valence-electron chi connectivity index (χ4n) is 3.54. The number of carbonyl (C=O) groups is 1. The van der Waals surface area contributed by atoms with E-state index >= 15 is 0 Å². The van der Waals surface area contributed by atoms with E-state index in [4.69, 9.17) is 9.15 Å². The molecule has 1 amide bonds. The molecule has 2 aromatic rings. The number of aromatic nitrogens is 1. The zero-order valence-electron chi connectivity index (χ0n) is 14.9. The number of amides is 1. The fraction of sp³-hybridized carbons (Fsp3) is 0.500. The number of nitrogens with one attached hydrogen (secondary N) is 1. The predicted molar refractivity (Wildman–Crippen MR) is 97.0 cm³/mol. The first kappa shape index (κ1) is 17.2. The van der Waals surface area contributed by atoms with Gasteiger partial charge in [0.25, 0.3) is 5.91 Å². The molecule has 26 heavy (non-hydrogen) atoms. The SMILES string of the molecule is O=C(NCC(c1ccccc1)N1CCOCC1)c1coc(C2CCC2)n1. The molecule has 0 bridgehead atoms. The maximum Gasteiger partial charge on any atom is 0.273 e. The molecule has 1 aromatic heterocycles. The smallest absolute Gasteiger partial charge is 0.273 e. The van der Waals surface area contributed by atoms with Gasteiger partial charge in [-0.1, -0.05) is 36.8 Å². The van der Waals surface area contributed by atoms with Gasteiger partial charge >= 0.3 is 0 Å². The monoisotopic (exact) mass is 355 g/mol. The molecule has 1 unspecified atom stereocenters. The van der Waals surface area contributed by atoms with Crippen LogP contribution in [0.15, 0.2) is 41.0 Å². The average molecular weight is 355 g/mol. The number of oxazole rings is 1. The zero-order valence-corrected chi connectivity index (χ0v) is 14.9. The van der Waals surface area contributed by atoms with Crippen LogP contribution in [0.5, 0.6) is 0 Å².